The van der Waals surface area contributed by atoms with Crippen molar-refractivity contribution in [2.45, 2.75) is 34.2 Å². The first-order chi connectivity index (χ1) is 16.3. The van der Waals surface area contributed by atoms with E-state index in [-0.39, 0.29) is 23.9 Å². The Bertz CT molecular complexity index is 1440. The van der Waals surface area contributed by atoms with Crippen LogP contribution in [0.5, 0.6) is 0 Å². The first-order valence-corrected chi connectivity index (χ1v) is 11.8. The zero-order chi connectivity index (χ0) is 24.4. The number of nitrogens with zero attached hydrogens (tertiary/aromatic N) is 3. The van der Waals surface area contributed by atoms with Gasteiger partial charge in [0, 0.05) is 17.9 Å². The van der Waals surface area contributed by atoms with Crippen molar-refractivity contribution < 1.29 is 9.59 Å². The molecule has 2 aromatic heterocycles. The van der Waals surface area contributed by atoms with Crippen molar-refractivity contribution in [1.82, 2.24) is 9.55 Å². The average Bonchev–Trinajstić information content (AvgIpc) is 3.16. The normalized spacial score (nSPS) is 10.9. The summed E-state index contributed by atoms with van der Waals surface area (Å²) in [6, 6.07) is 15.1. The van der Waals surface area contributed by atoms with Gasteiger partial charge in [-0.2, -0.15) is 0 Å². The summed E-state index contributed by atoms with van der Waals surface area (Å²) in [6.45, 7) is 7.91. The van der Waals surface area contributed by atoms with Gasteiger partial charge in [-0.05, 0) is 57.0 Å². The van der Waals surface area contributed by atoms with Crippen molar-refractivity contribution in [3.8, 4) is 0 Å². The highest BCUT2D eigenvalue weighted by atomic mass is 32.1. The molecule has 0 spiro atoms. The second-order valence-electron chi connectivity index (χ2n) is 8.16. The standard InChI is InChI=1S/C26H26N4O3S/c1-5-30(19-9-7-6-8-10-19)21(31)14-29-15-27-25-22(26(29)33)18(4)23(34-25)24(32)28-20-12-11-16(2)13-17(20)3/h6-13,15H,5,14H2,1-4H3,(H,28,32). The molecule has 0 radical (unpaired) electrons. The minimum absolute atomic E-state index is 0.135. The number of fused-ring (bicyclic) bond motifs is 1. The molecule has 8 heteroatoms. The van der Waals surface area contributed by atoms with E-state index in [0.29, 0.717) is 27.2 Å². The van der Waals surface area contributed by atoms with E-state index in [4.69, 9.17) is 0 Å². The van der Waals surface area contributed by atoms with Gasteiger partial charge >= 0.3 is 0 Å². The van der Waals surface area contributed by atoms with E-state index in [1.165, 1.54) is 22.2 Å². The number of carbonyl (C=O) groups is 2. The fourth-order valence-electron chi connectivity index (χ4n) is 3.96. The van der Waals surface area contributed by atoms with Crippen LogP contribution in [0, 0.1) is 20.8 Å². The van der Waals surface area contributed by atoms with Crippen molar-refractivity contribution in [1.29, 1.82) is 0 Å². The van der Waals surface area contributed by atoms with Crippen LogP contribution in [0.3, 0.4) is 0 Å². The molecule has 1 N–H and O–H groups in total. The zero-order valence-corrected chi connectivity index (χ0v) is 20.4. The third kappa shape index (κ3) is 4.49. The Morgan fingerprint density at radius 1 is 1.09 bits per heavy atom. The molecule has 4 rings (SSSR count). The van der Waals surface area contributed by atoms with Gasteiger partial charge in [-0.3, -0.25) is 19.0 Å². The molecule has 0 bridgehead atoms. The number of nitrogens with one attached hydrogen (secondary N) is 1. The van der Waals surface area contributed by atoms with Gasteiger partial charge in [0.25, 0.3) is 11.5 Å². The molecule has 0 aliphatic rings. The van der Waals surface area contributed by atoms with Crippen LogP contribution in [0.2, 0.25) is 0 Å². The number of likely N-dealkylation sites (N-methyl/N-ethyl adjacent to an activating group) is 1. The first kappa shape index (κ1) is 23.4. The minimum Gasteiger partial charge on any atom is -0.321 e. The fourth-order valence-corrected chi connectivity index (χ4v) is 5.00. The van der Waals surface area contributed by atoms with Crippen LogP contribution in [-0.2, 0) is 11.3 Å². The number of hydrogen-bond acceptors (Lipinski definition) is 5. The highest BCUT2D eigenvalue weighted by Gasteiger charge is 2.21. The van der Waals surface area contributed by atoms with Gasteiger partial charge in [0.1, 0.15) is 11.4 Å². The van der Waals surface area contributed by atoms with Crippen molar-refractivity contribution in [2.75, 3.05) is 16.8 Å². The summed E-state index contributed by atoms with van der Waals surface area (Å²) in [5, 5.41) is 3.31. The van der Waals surface area contributed by atoms with E-state index in [2.05, 4.69) is 10.3 Å². The molecule has 0 saturated heterocycles. The lowest BCUT2D eigenvalue weighted by Gasteiger charge is -2.21. The van der Waals surface area contributed by atoms with Gasteiger partial charge in [0.05, 0.1) is 16.6 Å². The third-order valence-electron chi connectivity index (χ3n) is 5.74. The maximum Gasteiger partial charge on any atom is 0.266 e. The SMILES string of the molecule is CCN(C(=O)Cn1cnc2sc(C(=O)Nc3ccc(C)cc3C)c(C)c2c1=O)c1ccccc1. The molecule has 174 valence electrons. The van der Waals surface area contributed by atoms with E-state index in [1.54, 1.807) is 11.8 Å². The number of amides is 2. The van der Waals surface area contributed by atoms with Gasteiger partial charge in [-0.15, -0.1) is 11.3 Å². The van der Waals surface area contributed by atoms with E-state index >= 15 is 0 Å². The molecular weight excluding hydrogens is 448 g/mol. The molecule has 7 nitrogen and oxygen atoms in total. The molecule has 0 atom stereocenters. The number of para-hydroxylation sites is 1. The molecule has 2 heterocycles. The molecule has 0 aliphatic heterocycles. The Morgan fingerprint density at radius 2 is 1.82 bits per heavy atom. The summed E-state index contributed by atoms with van der Waals surface area (Å²) < 4.78 is 1.31. The summed E-state index contributed by atoms with van der Waals surface area (Å²) in [5.74, 6) is -0.492. The topological polar surface area (TPSA) is 84.3 Å². The number of anilines is 2. The average molecular weight is 475 g/mol. The van der Waals surface area contributed by atoms with Crippen molar-refractivity contribution in [3.63, 3.8) is 0 Å². The fraction of sp³-hybridized carbons (Fsp3) is 0.231. The molecule has 4 aromatic rings. The van der Waals surface area contributed by atoms with E-state index < -0.39 is 0 Å². The number of hydrogen-bond donors (Lipinski definition) is 1. The van der Waals surface area contributed by atoms with Gasteiger partial charge < -0.3 is 10.2 Å². The van der Waals surface area contributed by atoms with E-state index in [9.17, 15) is 14.4 Å². The molecule has 34 heavy (non-hydrogen) atoms. The second-order valence-corrected chi connectivity index (χ2v) is 9.16. The van der Waals surface area contributed by atoms with Crippen molar-refractivity contribution in [3.05, 3.63) is 86.8 Å². The highest BCUT2D eigenvalue weighted by molar-refractivity contribution is 7.20. The van der Waals surface area contributed by atoms with Gasteiger partial charge in [0.2, 0.25) is 5.91 Å². The Kier molecular flexibility index (Phi) is 6.61. The van der Waals surface area contributed by atoms with E-state index in [1.807, 2.05) is 69.3 Å². The minimum atomic E-state index is -0.332. The summed E-state index contributed by atoms with van der Waals surface area (Å²) >= 11 is 1.18. The second kappa shape index (κ2) is 9.61. The number of carbonyl (C=O) groups excluding carboxylic acids is 2. The largest absolute Gasteiger partial charge is 0.321 e. The van der Waals surface area contributed by atoms with Gasteiger partial charge in [0.15, 0.2) is 0 Å². The first-order valence-electron chi connectivity index (χ1n) is 11.0. The quantitative estimate of drug-likeness (QED) is 0.439. The Labute approximate surface area is 201 Å². The number of thiophene rings is 1. The maximum absolute atomic E-state index is 13.2. The maximum atomic E-state index is 13.2. The van der Waals surface area contributed by atoms with E-state index in [0.717, 1.165) is 22.5 Å². The van der Waals surface area contributed by atoms with Crippen LogP contribution >= 0.6 is 11.3 Å². The molecule has 0 aliphatic carbocycles. The van der Waals surface area contributed by atoms with Crippen LogP contribution in [0.4, 0.5) is 11.4 Å². The summed E-state index contributed by atoms with van der Waals surface area (Å²) in [7, 11) is 0. The predicted molar refractivity (Wildman–Crippen MR) is 137 cm³/mol. The smallest absolute Gasteiger partial charge is 0.266 e. The molecule has 0 fully saturated rings. The highest BCUT2D eigenvalue weighted by Crippen LogP contribution is 2.28. The summed E-state index contributed by atoms with van der Waals surface area (Å²) in [6.07, 6.45) is 1.38. The number of benzene rings is 2. The Hall–Kier alpha value is -3.78. The number of aryl methyl sites for hydroxylation is 3. The zero-order valence-electron chi connectivity index (χ0n) is 19.6. The Morgan fingerprint density at radius 3 is 2.50 bits per heavy atom. The third-order valence-corrected chi connectivity index (χ3v) is 6.94. The molecular formula is C26H26N4O3S. The molecule has 0 unspecified atom stereocenters. The number of aromatic nitrogens is 2. The van der Waals surface area contributed by atoms with Crippen LogP contribution in [-0.4, -0.2) is 27.9 Å². The summed E-state index contributed by atoms with van der Waals surface area (Å²) in [5.41, 5.74) is 3.81. The van der Waals surface area contributed by atoms with Crippen molar-refractivity contribution in [2.24, 2.45) is 0 Å². The Balaban J connectivity index is 1.63. The van der Waals surface area contributed by atoms with Crippen molar-refractivity contribution >= 4 is 44.7 Å². The van der Waals surface area contributed by atoms with Crippen LogP contribution in [0.25, 0.3) is 10.2 Å². The summed E-state index contributed by atoms with van der Waals surface area (Å²) in [4.78, 5) is 46.1. The molecule has 0 saturated carbocycles. The lowest BCUT2D eigenvalue weighted by atomic mass is 10.1. The monoisotopic (exact) mass is 474 g/mol. The van der Waals surface area contributed by atoms with Gasteiger partial charge in [-0.1, -0.05) is 35.9 Å². The van der Waals surface area contributed by atoms with Crippen LogP contribution in [0.15, 0.2) is 59.7 Å². The van der Waals surface area contributed by atoms with Gasteiger partial charge in [-0.25, -0.2) is 4.98 Å². The molecule has 2 aromatic carbocycles. The lowest BCUT2D eigenvalue weighted by Crippen LogP contribution is -2.36. The molecule has 2 amide bonds. The van der Waals surface area contributed by atoms with Crippen LogP contribution in [0.1, 0.15) is 33.3 Å². The van der Waals surface area contributed by atoms with Crippen LogP contribution < -0.4 is 15.8 Å². The predicted octanol–water partition coefficient (Wildman–Crippen LogP) is 4.69. The lowest BCUT2D eigenvalue weighted by molar-refractivity contribution is -0.119. The number of rotatable bonds is 6.